The Morgan fingerprint density at radius 1 is 1.29 bits per heavy atom. The quantitative estimate of drug-likeness (QED) is 0.577. The van der Waals surface area contributed by atoms with Gasteiger partial charge in [-0.2, -0.15) is 0 Å². The molecule has 0 radical (unpaired) electrons. The van der Waals surface area contributed by atoms with Crippen LogP contribution in [0.3, 0.4) is 0 Å². The Morgan fingerprint density at radius 2 is 2.10 bits per heavy atom. The average Bonchev–Trinajstić information content (AvgIpc) is 2.86. The summed E-state index contributed by atoms with van der Waals surface area (Å²) >= 11 is 1.35. The van der Waals surface area contributed by atoms with Gasteiger partial charge in [0, 0.05) is 6.20 Å². The van der Waals surface area contributed by atoms with E-state index in [4.69, 9.17) is 5.73 Å². The van der Waals surface area contributed by atoms with E-state index in [1.165, 1.54) is 23.9 Å². The molecule has 7 heteroatoms. The third-order valence-corrected chi connectivity index (χ3v) is 4.50. The van der Waals surface area contributed by atoms with Gasteiger partial charge >= 0.3 is 0 Å². The van der Waals surface area contributed by atoms with E-state index in [-0.39, 0.29) is 10.9 Å². The molecule has 0 spiro atoms. The van der Waals surface area contributed by atoms with Crippen molar-refractivity contribution in [2.45, 2.75) is 0 Å². The molecule has 2 N–H and O–H groups in total. The van der Waals surface area contributed by atoms with Gasteiger partial charge in [0.2, 0.25) is 5.43 Å². The smallest absolute Gasteiger partial charge is 0.255 e. The Bertz CT molecular complexity index is 1100. The zero-order chi connectivity index (χ0) is 14.6. The summed E-state index contributed by atoms with van der Waals surface area (Å²) in [6.07, 6.45) is 2.79. The van der Waals surface area contributed by atoms with Crippen molar-refractivity contribution in [1.29, 1.82) is 0 Å². The largest absolute Gasteiger partial charge is 0.365 e. The Balaban J connectivity index is 2.45. The molecule has 1 amide bonds. The number of hydrogen-bond acceptors (Lipinski definition) is 5. The van der Waals surface area contributed by atoms with Crippen LogP contribution in [0, 0.1) is 0 Å². The zero-order valence-electron chi connectivity index (χ0n) is 10.6. The van der Waals surface area contributed by atoms with E-state index >= 15 is 0 Å². The molecule has 1 aromatic carbocycles. The van der Waals surface area contributed by atoms with Gasteiger partial charge < -0.3 is 5.73 Å². The Labute approximate surface area is 121 Å². The first-order valence-corrected chi connectivity index (χ1v) is 6.96. The Morgan fingerprint density at radius 3 is 2.90 bits per heavy atom. The van der Waals surface area contributed by atoms with Gasteiger partial charge in [0.15, 0.2) is 5.65 Å². The van der Waals surface area contributed by atoms with E-state index in [9.17, 15) is 9.59 Å². The molecule has 21 heavy (non-hydrogen) atoms. The molecule has 0 saturated carbocycles. The van der Waals surface area contributed by atoms with Crippen molar-refractivity contribution in [3.05, 3.63) is 52.6 Å². The highest BCUT2D eigenvalue weighted by Gasteiger charge is 2.20. The van der Waals surface area contributed by atoms with Crippen molar-refractivity contribution in [3.63, 3.8) is 0 Å². The van der Waals surface area contributed by atoms with Gasteiger partial charge in [0.25, 0.3) is 5.91 Å². The molecule has 102 valence electrons. The van der Waals surface area contributed by atoms with Gasteiger partial charge in [-0.25, -0.2) is 9.97 Å². The van der Waals surface area contributed by atoms with Crippen LogP contribution in [0.2, 0.25) is 0 Å². The number of nitrogens with zero attached hydrogens (tertiary/aromatic N) is 3. The molecular formula is C14H8N4O2S. The van der Waals surface area contributed by atoms with Crippen LogP contribution in [-0.2, 0) is 0 Å². The van der Waals surface area contributed by atoms with E-state index in [0.29, 0.717) is 10.5 Å². The summed E-state index contributed by atoms with van der Waals surface area (Å²) in [7, 11) is 0. The number of fused-ring (bicyclic) bond motifs is 5. The monoisotopic (exact) mass is 296 g/mol. The first kappa shape index (κ1) is 12.0. The summed E-state index contributed by atoms with van der Waals surface area (Å²) in [5.74, 6) is -0.741. The second kappa shape index (κ2) is 4.10. The molecule has 0 aliphatic heterocycles. The molecule has 0 saturated heterocycles. The summed E-state index contributed by atoms with van der Waals surface area (Å²) in [6.45, 7) is 0. The number of aromatic nitrogens is 3. The third-order valence-electron chi connectivity index (χ3n) is 3.35. The maximum atomic E-state index is 12.5. The summed E-state index contributed by atoms with van der Waals surface area (Å²) in [5, 5.41) is 0.285. The lowest BCUT2D eigenvalue weighted by atomic mass is 10.2. The number of hydrogen-bond donors (Lipinski definition) is 1. The molecule has 0 fully saturated rings. The summed E-state index contributed by atoms with van der Waals surface area (Å²) in [4.78, 5) is 32.8. The molecule has 3 heterocycles. The van der Waals surface area contributed by atoms with E-state index in [1.807, 2.05) is 24.3 Å². The topological polar surface area (TPSA) is 90.4 Å². The fourth-order valence-electron chi connectivity index (χ4n) is 2.47. The van der Waals surface area contributed by atoms with Crippen LogP contribution in [-0.4, -0.2) is 20.3 Å². The standard InChI is InChI=1S/C14H8N4O2S/c15-12(20)10-11(19)7-5-16-6-17-13(7)18-8-3-1-2-4-9(8)21-14(10)18/h1-6H,(H2,15,20). The molecule has 4 aromatic rings. The van der Waals surface area contributed by atoms with Crippen LogP contribution in [0.15, 0.2) is 41.6 Å². The summed E-state index contributed by atoms with van der Waals surface area (Å²) in [5.41, 5.74) is 6.32. The van der Waals surface area contributed by atoms with Gasteiger partial charge in [0.05, 0.1) is 15.6 Å². The molecule has 0 unspecified atom stereocenters. The normalized spacial score (nSPS) is 11.4. The first-order chi connectivity index (χ1) is 10.2. The van der Waals surface area contributed by atoms with Crippen molar-refractivity contribution in [2.24, 2.45) is 5.73 Å². The highest BCUT2D eigenvalue weighted by atomic mass is 32.1. The highest BCUT2D eigenvalue weighted by molar-refractivity contribution is 7.24. The lowest BCUT2D eigenvalue weighted by Gasteiger charge is -2.04. The van der Waals surface area contributed by atoms with Gasteiger partial charge in [-0.1, -0.05) is 12.1 Å². The van der Waals surface area contributed by atoms with E-state index in [1.54, 1.807) is 4.40 Å². The minimum absolute atomic E-state index is 0.0153. The highest BCUT2D eigenvalue weighted by Crippen LogP contribution is 2.29. The molecular weight excluding hydrogens is 288 g/mol. The maximum absolute atomic E-state index is 12.5. The fraction of sp³-hybridized carbons (Fsp3) is 0. The maximum Gasteiger partial charge on any atom is 0.255 e. The molecule has 0 aliphatic carbocycles. The average molecular weight is 296 g/mol. The van der Waals surface area contributed by atoms with E-state index in [2.05, 4.69) is 9.97 Å². The van der Waals surface area contributed by atoms with Crippen LogP contribution in [0.4, 0.5) is 0 Å². The summed E-state index contributed by atoms with van der Waals surface area (Å²) in [6, 6.07) is 7.63. The van der Waals surface area contributed by atoms with Gasteiger partial charge in [-0.15, -0.1) is 11.3 Å². The molecule has 3 aromatic heterocycles. The van der Waals surface area contributed by atoms with Crippen LogP contribution in [0.25, 0.3) is 26.1 Å². The number of carbonyl (C=O) groups excluding carboxylic acids is 1. The number of primary amides is 1. The van der Waals surface area contributed by atoms with E-state index < -0.39 is 11.3 Å². The van der Waals surface area contributed by atoms with Gasteiger partial charge in [-0.3, -0.25) is 14.0 Å². The van der Waals surface area contributed by atoms with Crippen molar-refractivity contribution < 1.29 is 4.79 Å². The lowest BCUT2D eigenvalue weighted by Crippen LogP contribution is -2.23. The number of nitrogens with two attached hydrogens (primary N) is 1. The van der Waals surface area contributed by atoms with Gasteiger partial charge in [-0.05, 0) is 12.1 Å². The summed E-state index contributed by atoms with van der Waals surface area (Å²) < 4.78 is 2.74. The van der Waals surface area contributed by atoms with Crippen LogP contribution >= 0.6 is 11.3 Å². The number of pyridine rings is 1. The lowest BCUT2D eigenvalue weighted by molar-refractivity contribution is 0.100. The SMILES string of the molecule is NC(=O)c1c(=O)c2cncnc2n2c1sc1ccccc12. The van der Waals surface area contributed by atoms with Crippen LogP contribution in [0.1, 0.15) is 10.4 Å². The van der Waals surface area contributed by atoms with Crippen molar-refractivity contribution in [3.8, 4) is 0 Å². The molecule has 6 nitrogen and oxygen atoms in total. The number of para-hydroxylation sites is 1. The second-order valence-electron chi connectivity index (χ2n) is 4.54. The fourth-order valence-corrected chi connectivity index (χ4v) is 3.66. The van der Waals surface area contributed by atoms with E-state index in [0.717, 1.165) is 10.2 Å². The predicted molar refractivity (Wildman–Crippen MR) is 80.7 cm³/mol. The Kier molecular flexibility index (Phi) is 2.34. The van der Waals surface area contributed by atoms with Crippen molar-refractivity contribution >= 4 is 43.3 Å². The number of benzene rings is 1. The first-order valence-electron chi connectivity index (χ1n) is 6.14. The van der Waals surface area contributed by atoms with Crippen LogP contribution in [0.5, 0.6) is 0 Å². The zero-order valence-corrected chi connectivity index (χ0v) is 11.4. The number of amides is 1. The molecule has 4 rings (SSSR count). The van der Waals surface area contributed by atoms with Crippen molar-refractivity contribution in [1.82, 2.24) is 14.4 Å². The number of rotatable bonds is 1. The second-order valence-corrected chi connectivity index (χ2v) is 5.57. The Hall–Kier alpha value is -2.80. The van der Waals surface area contributed by atoms with Gasteiger partial charge in [0.1, 0.15) is 16.7 Å². The number of thiazole rings is 1. The third kappa shape index (κ3) is 1.52. The molecule has 0 bridgehead atoms. The predicted octanol–water partition coefficient (Wildman–Crippen LogP) is 1.56. The molecule has 0 aliphatic rings. The minimum Gasteiger partial charge on any atom is -0.365 e. The molecule has 0 atom stereocenters. The number of carbonyl (C=O) groups is 1. The minimum atomic E-state index is -0.741. The van der Waals surface area contributed by atoms with Crippen LogP contribution < -0.4 is 11.2 Å². The van der Waals surface area contributed by atoms with Crippen molar-refractivity contribution in [2.75, 3.05) is 0 Å².